The molecule has 0 bridgehead atoms. The van der Waals surface area contributed by atoms with Crippen LogP contribution in [0.1, 0.15) is 42.1 Å². The van der Waals surface area contributed by atoms with Gasteiger partial charge >= 0.3 is 0 Å². The Kier molecular flexibility index (Phi) is 7.67. The lowest BCUT2D eigenvalue weighted by atomic mass is 9.68. The highest BCUT2D eigenvalue weighted by atomic mass is 16.5. The summed E-state index contributed by atoms with van der Waals surface area (Å²) in [5.41, 5.74) is 2.62. The van der Waals surface area contributed by atoms with Gasteiger partial charge in [0.25, 0.3) is 5.91 Å². The first-order valence-electron chi connectivity index (χ1n) is 13.5. The Morgan fingerprint density at radius 1 is 1.18 bits per heavy atom. The number of anilines is 1. The molecule has 1 saturated heterocycles. The summed E-state index contributed by atoms with van der Waals surface area (Å²) >= 11 is 0. The van der Waals surface area contributed by atoms with Gasteiger partial charge in [-0.25, -0.2) is 4.68 Å². The van der Waals surface area contributed by atoms with Crippen LogP contribution >= 0.6 is 0 Å². The normalized spacial score (nSPS) is 19.1. The number of allylic oxidation sites excluding steroid dienone is 3. The number of rotatable bonds is 9. The van der Waals surface area contributed by atoms with Gasteiger partial charge in [0.2, 0.25) is 5.91 Å². The van der Waals surface area contributed by atoms with Gasteiger partial charge in [-0.2, -0.15) is 5.10 Å². The quantitative estimate of drug-likeness (QED) is 0.393. The van der Waals surface area contributed by atoms with Crippen LogP contribution in [0.3, 0.4) is 0 Å². The number of benzene rings is 1. The lowest BCUT2D eigenvalue weighted by molar-refractivity contribution is -0.133. The molecule has 1 atom stereocenters. The van der Waals surface area contributed by atoms with Gasteiger partial charge < -0.3 is 20.3 Å². The monoisotopic (exact) mass is 515 g/mol. The number of nitrogens with zero attached hydrogens (tertiary/aromatic N) is 3. The molecule has 2 aromatic rings. The van der Waals surface area contributed by atoms with Crippen molar-refractivity contribution in [1.29, 1.82) is 0 Å². The van der Waals surface area contributed by atoms with Gasteiger partial charge in [-0.05, 0) is 50.0 Å². The third-order valence-corrected chi connectivity index (χ3v) is 7.35. The Balaban J connectivity index is 1.32. The fourth-order valence-corrected chi connectivity index (χ4v) is 4.95. The molecule has 2 aliphatic carbocycles. The van der Waals surface area contributed by atoms with Gasteiger partial charge in [-0.15, -0.1) is 0 Å². The van der Waals surface area contributed by atoms with E-state index in [0.717, 1.165) is 57.1 Å². The first-order chi connectivity index (χ1) is 18.4. The fraction of sp³-hybridized carbons (Fsp3) is 0.429. The van der Waals surface area contributed by atoms with E-state index in [1.807, 2.05) is 24.0 Å². The molecule has 2 fully saturated rings. The van der Waals surface area contributed by atoms with Crippen molar-refractivity contribution in [2.24, 2.45) is 5.92 Å². The van der Waals surface area contributed by atoms with E-state index in [4.69, 9.17) is 4.74 Å². The van der Waals surface area contributed by atoms with Crippen LogP contribution < -0.4 is 15.4 Å². The summed E-state index contributed by atoms with van der Waals surface area (Å²) < 4.78 is 7.44. The van der Waals surface area contributed by atoms with Crippen LogP contribution in [0.15, 0.2) is 48.2 Å². The maximum absolute atomic E-state index is 13.5. The van der Waals surface area contributed by atoms with Crippen molar-refractivity contribution in [3.63, 3.8) is 0 Å². The predicted molar refractivity (Wildman–Crippen MR) is 148 cm³/mol. The summed E-state index contributed by atoms with van der Waals surface area (Å²) in [6.45, 7) is 3.48. The van der Waals surface area contributed by atoms with Crippen LogP contribution in [-0.2, 0) is 9.59 Å². The minimum atomic E-state index is -0.274. The van der Waals surface area contributed by atoms with Crippen molar-refractivity contribution >= 4 is 36.4 Å². The van der Waals surface area contributed by atoms with E-state index in [1.54, 1.807) is 42.2 Å². The van der Waals surface area contributed by atoms with E-state index in [1.165, 1.54) is 0 Å². The van der Waals surface area contributed by atoms with Crippen LogP contribution in [-0.4, -0.2) is 72.3 Å². The van der Waals surface area contributed by atoms with Gasteiger partial charge in [0, 0.05) is 31.7 Å². The highest BCUT2D eigenvalue weighted by Crippen LogP contribution is 2.32. The third-order valence-electron chi connectivity index (χ3n) is 7.35. The molecule has 1 aromatic carbocycles. The SMILES string of the molecule is CNc1c(C(=O)c2cccc(OCC(=O)N3CCBCC3)c2)cnn1C1=CC(C(=O)NC2CC2)CC=C1C. The van der Waals surface area contributed by atoms with Crippen molar-refractivity contribution in [3.05, 3.63) is 59.3 Å². The zero-order valence-electron chi connectivity index (χ0n) is 22.0. The van der Waals surface area contributed by atoms with Crippen molar-refractivity contribution in [2.45, 2.75) is 44.9 Å². The van der Waals surface area contributed by atoms with Gasteiger partial charge in [0.15, 0.2) is 12.4 Å². The minimum absolute atomic E-state index is 0.0267. The molecule has 2 heterocycles. The molecule has 10 heteroatoms. The molecule has 1 unspecified atom stereocenters. The van der Waals surface area contributed by atoms with E-state index in [2.05, 4.69) is 15.7 Å². The topological polar surface area (TPSA) is 106 Å². The maximum Gasteiger partial charge on any atom is 0.260 e. The number of aromatic nitrogens is 2. The first kappa shape index (κ1) is 25.8. The summed E-state index contributed by atoms with van der Waals surface area (Å²) in [6.07, 6.45) is 10.3. The van der Waals surface area contributed by atoms with Crippen LogP contribution in [0.5, 0.6) is 5.75 Å². The highest BCUT2D eigenvalue weighted by molar-refractivity contribution is 6.36. The second kappa shape index (κ2) is 11.3. The molecule has 198 valence electrons. The number of ketones is 1. The summed E-state index contributed by atoms with van der Waals surface area (Å²) in [5.74, 6) is 0.521. The molecule has 3 aliphatic rings. The Bertz CT molecular complexity index is 1290. The molecule has 1 aliphatic heterocycles. The van der Waals surface area contributed by atoms with E-state index in [0.29, 0.717) is 35.2 Å². The smallest absolute Gasteiger partial charge is 0.260 e. The maximum atomic E-state index is 13.5. The predicted octanol–water partition coefficient (Wildman–Crippen LogP) is 2.74. The van der Waals surface area contributed by atoms with Crippen LogP contribution in [0.2, 0.25) is 12.6 Å². The Morgan fingerprint density at radius 2 is 1.97 bits per heavy atom. The van der Waals surface area contributed by atoms with Gasteiger partial charge in [0.05, 0.1) is 23.4 Å². The van der Waals surface area contributed by atoms with Crippen LogP contribution in [0, 0.1) is 5.92 Å². The van der Waals surface area contributed by atoms with Crippen LogP contribution in [0.4, 0.5) is 5.82 Å². The number of amides is 2. The van der Waals surface area contributed by atoms with E-state index in [-0.39, 0.29) is 30.1 Å². The zero-order valence-corrected chi connectivity index (χ0v) is 22.0. The summed E-state index contributed by atoms with van der Waals surface area (Å²) in [4.78, 5) is 40.5. The highest BCUT2D eigenvalue weighted by Gasteiger charge is 2.29. The molecule has 38 heavy (non-hydrogen) atoms. The lowest BCUT2D eigenvalue weighted by Gasteiger charge is -2.26. The molecule has 1 saturated carbocycles. The fourth-order valence-electron chi connectivity index (χ4n) is 4.95. The van der Waals surface area contributed by atoms with Gasteiger partial charge in [-0.3, -0.25) is 14.4 Å². The Morgan fingerprint density at radius 3 is 2.71 bits per heavy atom. The zero-order chi connectivity index (χ0) is 26.6. The number of hydrogen-bond donors (Lipinski definition) is 2. The number of hydrogen-bond acceptors (Lipinski definition) is 6. The number of ether oxygens (including phenoxy) is 1. The molecule has 9 nitrogen and oxygen atoms in total. The minimum Gasteiger partial charge on any atom is -0.484 e. The van der Waals surface area contributed by atoms with E-state index >= 15 is 0 Å². The first-order valence-corrected chi connectivity index (χ1v) is 13.5. The molecule has 1 aromatic heterocycles. The van der Waals surface area contributed by atoms with Crippen molar-refractivity contribution in [3.8, 4) is 5.75 Å². The summed E-state index contributed by atoms with van der Waals surface area (Å²) in [5, 5.41) is 10.7. The molecule has 5 rings (SSSR count). The average molecular weight is 515 g/mol. The molecule has 2 amide bonds. The van der Waals surface area contributed by atoms with Crippen molar-refractivity contribution in [2.75, 3.05) is 32.1 Å². The second-order valence-electron chi connectivity index (χ2n) is 10.2. The molecule has 0 radical (unpaired) electrons. The average Bonchev–Trinajstić information content (AvgIpc) is 3.66. The summed E-state index contributed by atoms with van der Waals surface area (Å²) in [6, 6.07) is 7.18. The Hall–Kier alpha value is -3.82. The van der Waals surface area contributed by atoms with Gasteiger partial charge in [0.1, 0.15) is 18.8 Å². The second-order valence-corrected chi connectivity index (χ2v) is 10.2. The van der Waals surface area contributed by atoms with E-state index < -0.39 is 0 Å². The van der Waals surface area contributed by atoms with Gasteiger partial charge in [-0.1, -0.05) is 30.8 Å². The molecule has 2 N–H and O–H groups in total. The van der Waals surface area contributed by atoms with Crippen molar-refractivity contribution < 1.29 is 19.1 Å². The third kappa shape index (κ3) is 5.69. The molecule has 0 spiro atoms. The lowest BCUT2D eigenvalue weighted by Crippen LogP contribution is -2.39. The number of nitrogens with one attached hydrogen (secondary N) is 2. The largest absolute Gasteiger partial charge is 0.484 e. The Labute approximate surface area is 223 Å². The van der Waals surface area contributed by atoms with Crippen LogP contribution in [0.25, 0.3) is 5.70 Å². The van der Waals surface area contributed by atoms with E-state index in [9.17, 15) is 14.4 Å². The number of carbonyl (C=O) groups is 3. The summed E-state index contributed by atoms with van der Waals surface area (Å²) in [7, 11) is 2.90. The van der Waals surface area contributed by atoms with Crippen molar-refractivity contribution in [1.82, 2.24) is 20.0 Å². The number of carbonyl (C=O) groups excluding carboxylic acids is 3. The molecular formula is C28H34BN5O4. The standard InChI is InChI=1S/C28H34BN5O4/c1-18-6-7-20(28(37)32-21-8-9-21)15-24(18)34-27(30-2)23(16-31-34)26(36)19-4-3-5-22(14-19)38-17-25(35)33-12-10-29-11-13-33/h3-6,14-16,20-21,29-30H,7-13,17H2,1-2H3,(H,32,37). The molecular weight excluding hydrogens is 481 g/mol.